The normalized spacial score (nSPS) is 13.8. The van der Waals surface area contributed by atoms with E-state index in [2.05, 4.69) is 4.72 Å². The SMILES string of the molecule is Cc1cc(Cl)ccc1S(=O)(=O)N[C@H](C)CN. The Labute approximate surface area is 101 Å². The molecule has 0 heterocycles. The molecular weight excluding hydrogens is 248 g/mol. The van der Waals surface area contributed by atoms with Crippen molar-refractivity contribution in [2.75, 3.05) is 6.54 Å². The lowest BCUT2D eigenvalue weighted by Crippen LogP contribution is -2.37. The van der Waals surface area contributed by atoms with E-state index in [-0.39, 0.29) is 17.5 Å². The lowest BCUT2D eigenvalue weighted by atomic mass is 10.2. The van der Waals surface area contributed by atoms with Crippen LogP contribution in [0.15, 0.2) is 23.1 Å². The number of benzene rings is 1. The Hall–Kier alpha value is -0.620. The van der Waals surface area contributed by atoms with Crippen LogP contribution in [0.4, 0.5) is 0 Å². The largest absolute Gasteiger partial charge is 0.329 e. The Morgan fingerprint density at radius 3 is 2.62 bits per heavy atom. The first-order chi connectivity index (χ1) is 7.36. The Bertz CT molecular complexity index is 474. The van der Waals surface area contributed by atoms with Crippen molar-refractivity contribution < 1.29 is 8.42 Å². The van der Waals surface area contributed by atoms with E-state index in [4.69, 9.17) is 17.3 Å². The van der Waals surface area contributed by atoms with Crippen LogP contribution in [0.25, 0.3) is 0 Å². The molecule has 0 fully saturated rings. The zero-order valence-electron chi connectivity index (χ0n) is 9.20. The third-order valence-electron chi connectivity index (χ3n) is 2.14. The van der Waals surface area contributed by atoms with E-state index in [0.717, 1.165) is 0 Å². The quantitative estimate of drug-likeness (QED) is 0.858. The molecule has 90 valence electrons. The van der Waals surface area contributed by atoms with Gasteiger partial charge in [0.1, 0.15) is 0 Å². The molecule has 1 rings (SSSR count). The summed E-state index contributed by atoms with van der Waals surface area (Å²) in [6.45, 7) is 3.67. The van der Waals surface area contributed by atoms with E-state index in [1.807, 2.05) is 0 Å². The van der Waals surface area contributed by atoms with Crippen LogP contribution in [0.1, 0.15) is 12.5 Å². The second-order valence-electron chi connectivity index (χ2n) is 3.67. The molecule has 0 aliphatic rings. The molecule has 0 aromatic heterocycles. The summed E-state index contributed by atoms with van der Waals surface area (Å²) in [5, 5.41) is 0.517. The Kier molecular flexibility index (Phi) is 4.32. The maximum Gasteiger partial charge on any atom is 0.241 e. The number of hydrogen-bond acceptors (Lipinski definition) is 3. The van der Waals surface area contributed by atoms with Gasteiger partial charge in [-0.15, -0.1) is 0 Å². The molecule has 6 heteroatoms. The van der Waals surface area contributed by atoms with Crippen molar-refractivity contribution in [1.82, 2.24) is 4.72 Å². The van der Waals surface area contributed by atoms with E-state index < -0.39 is 10.0 Å². The molecule has 4 nitrogen and oxygen atoms in total. The molecule has 0 saturated heterocycles. The number of sulfonamides is 1. The van der Waals surface area contributed by atoms with Gasteiger partial charge in [-0.2, -0.15) is 0 Å². The lowest BCUT2D eigenvalue weighted by Gasteiger charge is -2.13. The van der Waals surface area contributed by atoms with Crippen molar-refractivity contribution in [3.63, 3.8) is 0 Å². The number of halogens is 1. The molecule has 3 N–H and O–H groups in total. The number of nitrogens with one attached hydrogen (secondary N) is 1. The minimum absolute atomic E-state index is 0.234. The summed E-state index contributed by atoms with van der Waals surface area (Å²) < 4.78 is 26.3. The highest BCUT2D eigenvalue weighted by molar-refractivity contribution is 7.89. The van der Waals surface area contributed by atoms with E-state index in [1.54, 1.807) is 26.0 Å². The van der Waals surface area contributed by atoms with Crippen LogP contribution in [0, 0.1) is 6.92 Å². The van der Waals surface area contributed by atoms with Gasteiger partial charge < -0.3 is 5.73 Å². The molecule has 0 spiro atoms. The van der Waals surface area contributed by atoms with Crippen molar-refractivity contribution in [3.05, 3.63) is 28.8 Å². The van der Waals surface area contributed by atoms with Gasteiger partial charge in [0.05, 0.1) is 4.90 Å². The van der Waals surface area contributed by atoms with Gasteiger partial charge in [0.25, 0.3) is 0 Å². The van der Waals surface area contributed by atoms with Crippen LogP contribution in [0.5, 0.6) is 0 Å². The van der Waals surface area contributed by atoms with Crippen LogP contribution < -0.4 is 10.5 Å². The van der Waals surface area contributed by atoms with Crippen LogP contribution in [-0.2, 0) is 10.0 Å². The average molecular weight is 263 g/mol. The second-order valence-corrected chi connectivity index (χ2v) is 5.79. The predicted octanol–water partition coefficient (Wildman–Crippen LogP) is 1.27. The smallest absolute Gasteiger partial charge is 0.241 e. The maximum absolute atomic E-state index is 11.9. The van der Waals surface area contributed by atoms with E-state index in [0.29, 0.717) is 10.6 Å². The minimum Gasteiger partial charge on any atom is -0.329 e. The van der Waals surface area contributed by atoms with Crippen LogP contribution in [0.3, 0.4) is 0 Å². The molecule has 1 aromatic carbocycles. The Morgan fingerprint density at radius 2 is 2.12 bits per heavy atom. The number of rotatable bonds is 4. The van der Waals surface area contributed by atoms with Gasteiger partial charge in [0.2, 0.25) is 10.0 Å². The highest BCUT2D eigenvalue weighted by Crippen LogP contribution is 2.19. The molecule has 1 atom stereocenters. The summed E-state index contributed by atoms with van der Waals surface area (Å²) in [5.74, 6) is 0. The fraction of sp³-hybridized carbons (Fsp3) is 0.400. The van der Waals surface area contributed by atoms with Gasteiger partial charge in [-0.3, -0.25) is 0 Å². The highest BCUT2D eigenvalue weighted by atomic mass is 35.5. The van der Waals surface area contributed by atoms with Gasteiger partial charge in [0.15, 0.2) is 0 Å². The van der Waals surface area contributed by atoms with Crippen LogP contribution in [-0.4, -0.2) is 21.0 Å². The van der Waals surface area contributed by atoms with Gasteiger partial charge >= 0.3 is 0 Å². The van der Waals surface area contributed by atoms with Gasteiger partial charge in [0, 0.05) is 17.6 Å². The summed E-state index contributed by atoms with van der Waals surface area (Å²) in [6.07, 6.45) is 0. The zero-order chi connectivity index (χ0) is 12.3. The molecule has 0 bridgehead atoms. The third kappa shape index (κ3) is 3.18. The van der Waals surface area contributed by atoms with Crippen molar-refractivity contribution in [2.24, 2.45) is 5.73 Å². The van der Waals surface area contributed by atoms with Gasteiger partial charge in [-0.25, -0.2) is 13.1 Å². The molecule has 0 aliphatic carbocycles. The molecule has 0 radical (unpaired) electrons. The van der Waals surface area contributed by atoms with Crippen LogP contribution in [0.2, 0.25) is 5.02 Å². The van der Waals surface area contributed by atoms with Gasteiger partial charge in [-0.1, -0.05) is 11.6 Å². The van der Waals surface area contributed by atoms with Crippen molar-refractivity contribution in [1.29, 1.82) is 0 Å². The Balaban J connectivity index is 3.08. The standard InChI is InChI=1S/C10H15ClN2O2S/c1-7-5-9(11)3-4-10(7)16(14,15)13-8(2)6-12/h3-5,8,13H,6,12H2,1-2H3/t8-/m1/s1. The fourth-order valence-electron chi connectivity index (χ4n) is 1.29. The molecular formula is C10H15ClN2O2S. The number of hydrogen-bond donors (Lipinski definition) is 2. The Morgan fingerprint density at radius 1 is 1.50 bits per heavy atom. The summed E-state index contributed by atoms with van der Waals surface area (Å²) in [6, 6.07) is 4.36. The van der Waals surface area contributed by atoms with Crippen molar-refractivity contribution in [3.8, 4) is 0 Å². The number of aryl methyl sites for hydroxylation is 1. The molecule has 0 unspecified atom stereocenters. The van der Waals surface area contributed by atoms with Crippen molar-refractivity contribution >= 4 is 21.6 Å². The first-order valence-corrected chi connectivity index (χ1v) is 6.71. The topological polar surface area (TPSA) is 72.2 Å². The second kappa shape index (κ2) is 5.14. The van der Waals surface area contributed by atoms with Crippen LogP contribution >= 0.6 is 11.6 Å². The maximum atomic E-state index is 11.9. The summed E-state index contributed by atoms with van der Waals surface area (Å²) in [4.78, 5) is 0.234. The van der Waals surface area contributed by atoms with Crippen molar-refractivity contribution in [2.45, 2.75) is 24.8 Å². The minimum atomic E-state index is -3.51. The fourth-order valence-corrected chi connectivity index (χ4v) is 3.00. The molecule has 1 aromatic rings. The lowest BCUT2D eigenvalue weighted by molar-refractivity contribution is 0.562. The molecule has 0 amide bonds. The predicted molar refractivity (Wildman–Crippen MR) is 65.0 cm³/mol. The first-order valence-electron chi connectivity index (χ1n) is 4.85. The van der Waals surface area contributed by atoms with E-state index >= 15 is 0 Å². The van der Waals surface area contributed by atoms with E-state index in [1.165, 1.54) is 6.07 Å². The molecule has 16 heavy (non-hydrogen) atoms. The summed E-state index contributed by atoms with van der Waals surface area (Å²) in [5.41, 5.74) is 5.99. The zero-order valence-corrected chi connectivity index (χ0v) is 10.8. The molecule has 0 saturated carbocycles. The summed E-state index contributed by atoms with van der Waals surface area (Å²) in [7, 11) is -3.51. The van der Waals surface area contributed by atoms with Gasteiger partial charge in [-0.05, 0) is 37.6 Å². The monoisotopic (exact) mass is 262 g/mol. The first kappa shape index (κ1) is 13.4. The average Bonchev–Trinajstić information content (AvgIpc) is 2.16. The van der Waals surface area contributed by atoms with E-state index in [9.17, 15) is 8.42 Å². The highest BCUT2D eigenvalue weighted by Gasteiger charge is 2.18. The molecule has 0 aliphatic heterocycles. The summed E-state index contributed by atoms with van der Waals surface area (Å²) >= 11 is 5.76. The third-order valence-corrected chi connectivity index (χ3v) is 4.12. The number of nitrogens with two attached hydrogens (primary N) is 1.